The Bertz CT molecular complexity index is 1140. The Kier molecular flexibility index (Phi) is 5.34. The number of phenols is 1. The maximum absolute atomic E-state index is 12.0. The molecule has 0 aliphatic heterocycles. The number of carbonyl (C=O) groups excluding carboxylic acids is 1. The highest BCUT2D eigenvalue weighted by molar-refractivity contribution is 6.05. The number of para-hydroxylation sites is 1. The van der Waals surface area contributed by atoms with Crippen LogP contribution in [0.1, 0.15) is 29.7 Å². The second-order valence-corrected chi connectivity index (χ2v) is 6.89. The number of nitro benzene ring substituents is 1. The molecule has 1 aromatic heterocycles. The zero-order valence-electron chi connectivity index (χ0n) is 16.0. The minimum atomic E-state index is -0.681. The minimum Gasteiger partial charge on any atom is -0.502 e. The number of furan rings is 1. The Balaban J connectivity index is 1.59. The van der Waals surface area contributed by atoms with Gasteiger partial charge in [0.15, 0.2) is 6.61 Å². The lowest BCUT2D eigenvalue weighted by molar-refractivity contribution is -0.385. The van der Waals surface area contributed by atoms with Gasteiger partial charge in [-0.05, 0) is 31.4 Å². The van der Waals surface area contributed by atoms with Crippen LogP contribution in [0, 0.1) is 10.1 Å². The summed E-state index contributed by atoms with van der Waals surface area (Å²) in [6, 6.07) is 10.1. The molecule has 9 heteroatoms. The number of carbonyl (C=O) groups is 1. The third-order valence-corrected chi connectivity index (χ3v) is 4.93. The van der Waals surface area contributed by atoms with Gasteiger partial charge in [0.1, 0.15) is 17.1 Å². The molecule has 0 unspecified atom stereocenters. The van der Waals surface area contributed by atoms with E-state index in [9.17, 15) is 20.0 Å². The average molecular weight is 409 g/mol. The summed E-state index contributed by atoms with van der Waals surface area (Å²) in [5.41, 5.74) is 3.22. The van der Waals surface area contributed by atoms with Crippen molar-refractivity contribution in [2.75, 3.05) is 6.61 Å². The van der Waals surface area contributed by atoms with E-state index in [0.717, 1.165) is 37.0 Å². The molecule has 2 N–H and O–H groups in total. The van der Waals surface area contributed by atoms with Crippen molar-refractivity contribution < 1.29 is 24.0 Å². The van der Waals surface area contributed by atoms with E-state index < -0.39 is 22.3 Å². The Morgan fingerprint density at radius 2 is 2.07 bits per heavy atom. The highest BCUT2D eigenvalue weighted by Crippen LogP contribution is 2.41. The summed E-state index contributed by atoms with van der Waals surface area (Å²) < 4.78 is 11.1. The molecule has 0 atom stereocenters. The normalized spacial score (nSPS) is 13.3. The zero-order valence-corrected chi connectivity index (χ0v) is 16.0. The van der Waals surface area contributed by atoms with Gasteiger partial charge in [0.05, 0.1) is 22.8 Å². The fraction of sp³-hybridized carbons (Fsp3) is 0.238. The number of hydrogen-bond donors (Lipinski definition) is 2. The van der Waals surface area contributed by atoms with E-state index >= 15 is 0 Å². The van der Waals surface area contributed by atoms with Gasteiger partial charge in [0.25, 0.3) is 5.91 Å². The van der Waals surface area contributed by atoms with E-state index in [1.807, 2.05) is 6.07 Å². The van der Waals surface area contributed by atoms with Crippen molar-refractivity contribution in [3.63, 3.8) is 0 Å². The fourth-order valence-corrected chi connectivity index (χ4v) is 3.56. The molecule has 1 aliphatic rings. The average Bonchev–Trinajstić information content (AvgIpc) is 3.12. The molecule has 30 heavy (non-hydrogen) atoms. The monoisotopic (exact) mass is 409 g/mol. The van der Waals surface area contributed by atoms with E-state index in [2.05, 4.69) is 10.5 Å². The molecule has 1 heterocycles. The predicted molar refractivity (Wildman–Crippen MR) is 109 cm³/mol. The molecule has 154 valence electrons. The number of amides is 1. The Hall–Kier alpha value is -3.88. The molecule has 0 spiro atoms. The smallest absolute Gasteiger partial charge is 0.315 e. The lowest BCUT2D eigenvalue weighted by atomic mass is 9.93. The highest BCUT2D eigenvalue weighted by Gasteiger charge is 2.27. The summed E-state index contributed by atoms with van der Waals surface area (Å²) in [4.78, 5) is 22.6. The van der Waals surface area contributed by atoms with Gasteiger partial charge < -0.3 is 14.3 Å². The van der Waals surface area contributed by atoms with Gasteiger partial charge in [-0.25, -0.2) is 5.43 Å². The van der Waals surface area contributed by atoms with E-state index in [0.29, 0.717) is 16.7 Å². The van der Waals surface area contributed by atoms with Crippen molar-refractivity contribution >= 4 is 28.8 Å². The molecule has 0 saturated heterocycles. The molecule has 2 aromatic carbocycles. The first kappa shape index (κ1) is 19.4. The molecule has 1 amide bonds. The minimum absolute atomic E-state index is 0.148. The number of benzene rings is 2. The summed E-state index contributed by atoms with van der Waals surface area (Å²) in [5.74, 6) is 0.288. The molecule has 0 radical (unpaired) electrons. The number of ether oxygens (including phenoxy) is 1. The van der Waals surface area contributed by atoms with Crippen LogP contribution in [-0.2, 0) is 17.6 Å². The Labute approximate surface area is 171 Å². The van der Waals surface area contributed by atoms with Crippen molar-refractivity contribution in [1.82, 2.24) is 5.43 Å². The number of aryl methyl sites for hydroxylation is 2. The van der Waals surface area contributed by atoms with Gasteiger partial charge in [-0.1, -0.05) is 18.2 Å². The van der Waals surface area contributed by atoms with E-state index in [1.54, 1.807) is 24.3 Å². The van der Waals surface area contributed by atoms with Crippen molar-refractivity contribution in [2.45, 2.75) is 25.7 Å². The van der Waals surface area contributed by atoms with Crippen LogP contribution >= 0.6 is 0 Å². The maximum Gasteiger partial charge on any atom is 0.315 e. The number of hydrazone groups is 1. The number of nitro groups is 1. The second-order valence-electron chi connectivity index (χ2n) is 6.89. The third-order valence-electron chi connectivity index (χ3n) is 4.93. The van der Waals surface area contributed by atoms with Gasteiger partial charge in [0.2, 0.25) is 5.75 Å². The van der Waals surface area contributed by atoms with Gasteiger partial charge >= 0.3 is 5.69 Å². The number of aromatic hydroxyl groups is 1. The quantitative estimate of drug-likeness (QED) is 0.365. The van der Waals surface area contributed by atoms with Crippen molar-refractivity contribution in [2.24, 2.45) is 5.10 Å². The lowest BCUT2D eigenvalue weighted by Crippen LogP contribution is -2.24. The number of fused-ring (bicyclic) bond motifs is 3. The number of hydrogen-bond acceptors (Lipinski definition) is 7. The predicted octanol–water partition coefficient (Wildman–Crippen LogP) is 3.45. The lowest BCUT2D eigenvalue weighted by Gasteiger charge is -2.10. The van der Waals surface area contributed by atoms with Crippen LogP contribution < -0.4 is 10.2 Å². The molecule has 4 rings (SSSR count). The van der Waals surface area contributed by atoms with Crippen molar-refractivity contribution in [3.8, 4) is 11.5 Å². The van der Waals surface area contributed by atoms with Crippen LogP contribution in [0.15, 0.2) is 45.9 Å². The van der Waals surface area contributed by atoms with Crippen LogP contribution in [0.4, 0.5) is 5.69 Å². The van der Waals surface area contributed by atoms with Crippen LogP contribution in [-0.4, -0.2) is 28.8 Å². The molecule has 3 aromatic rings. The second kappa shape index (κ2) is 8.24. The number of rotatable bonds is 6. The first-order valence-electron chi connectivity index (χ1n) is 9.49. The highest BCUT2D eigenvalue weighted by atomic mass is 16.6. The van der Waals surface area contributed by atoms with E-state index in [1.165, 1.54) is 12.3 Å². The van der Waals surface area contributed by atoms with Crippen LogP contribution in [0.2, 0.25) is 0 Å². The van der Waals surface area contributed by atoms with E-state index in [-0.39, 0.29) is 12.2 Å². The van der Waals surface area contributed by atoms with E-state index in [4.69, 9.17) is 9.15 Å². The summed E-state index contributed by atoms with van der Waals surface area (Å²) in [7, 11) is 0. The molecular formula is C21H19N3O6. The van der Waals surface area contributed by atoms with Crippen LogP contribution in [0.5, 0.6) is 11.5 Å². The Morgan fingerprint density at radius 1 is 1.30 bits per heavy atom. The first-order chi connectivity index (χ1) is 14.5. The van der Waals surface area contributed by atoms with Gasteiger partial charge in [-0.3, -0.25) is 14.9 Å². The molecule has 0 fully saturated rings. The maximum atomic E-state index is 12.0. The molecule has 9 nitrogen and oxygen atoms in total. The number of phenolic OH excluding ortho intramolecular Hbond substituents is 1. The van der Waals surface area contributed by atoms with Gasteiger partial charge in [-0.15, -0.1) is 0 Å². The fourth-order valence-electron chi connectivity index (χ4n) is 3.56. The standard InChI is InChI=1S/C21H19N3O6/c25-19(12-29-13-6-2-1-3-7-13)23-22-11-15-20-14-8-4-5-9-17(14)30-18(20)10-16(21(15)26)24(27)28/h1-3,6-7,10-11,26H,4-5,8-9,12H2,(H,23,25)/b22-11-. The SMILES string of the molecule is O=C(COc1ccccc1)N/N=C\c1c(O)c([N+](=O)[O-])cc2oc3c(c12)CCCC3. The molecular weight excluding hydrogens is 390 g/mol. The third kappa shape index (κ3) is 3.82. The summed E-state index contributed by atoms with van der Waals surface area (Å²) >= 11 is 0. The largest absolute Gasteiger partial charge is 0.502 e. The summed E-state index contributed by atoms with van der Waals surface area (Å²) in [6.45, 7) is -0.251. The van der Waals surface area contributed by atoms with Crippen molar-refractivity contribution in [1.29, 1.82) is 0 Å². The van der Waals surface area contributed by atoms with Gasteiger partial charge in [-0.2, -0.15) is 5.10 Å². The number of nitrogens with zero attached hydrogens (tertiary/aromatic N) is 2. The van der Waals surface area contributed by atoms with Crippen LogP contribution in [0.3, 0.4) is 0 Å². The molecule has 0 saturated carbocycles. The van der Waals surface area contributed by atoms with Crippen LogP contribution in [0.25, 0.3) is 11.0 Å². The number of nitrogens with one attached hydrogen (secondary N) is 1. The van der Waals surface area contributed by atoms with Crippen molar-refractivity contribution in [3.05, 3.63) is 63.4 Å². The molecule has 1 aliphatic carbocycles. The van der Waals surface area contributed by atoms with Gasteiger partial charge in [0, 0.05) is 17.4 Å². The molecule has 0 bridgehead atoms. The topological polar surface area (TPSA) is 127 Å². The first-order valence-corrected chi connectivity index (χ1v) is 9.49. The zero-order chi connectivity index (χ0) is 21.1. The Morgan fingerprint density at radius 3 is 2.83 bits per heavy atom. The summed E-state index contributed by atoms with van der Waals surface area (Å²) in [5, 5.41) is 26.3. The summed E-state index contributed by atoms with van der Waals surface area (Å²) in [6.07, 6.45) is 4.63.